The number of hydrogen-bond donors (Lipinski definition) is 1. The smallest absolute Gasteiger partial charge is 0.258 e. The number of ether oxygens (including phenoxy) is 2. The van der Waals surface area contributed by atoms with Crippen LogP contribution in [0.1, 0.15) is 25.7 Å². The first-order chi connectivity index (χ1) is 9.76. The maximum atomic E-state index is 12.0. The van der Waals surface area contributed by atoms with Crippen molar-refractivity contribution in [1.29, 1.82) is 0 Å². The number of methoxy groups -OCH3 is 1. The average Bonchev–Trinajstić information content (AvgIpc) is 3.08. The van der Waals surface area contributed by atoms with Crippen LogP contribution in [0.5, 0.6) is 11.5 Å². The number of nitrogens with one attached hydrogen (secondary N) is 1. The summed E-state index contributed by atoms with van der Waals surface area (Å²) in [6.07, 6.45) is 5.04. The van der Waals surface area contributed by atoms with Gasteiger partial charge < -0.3 is 14.8 Å². The maximum Gasteiger partial charge on any atom is 0.258 e. The van der Waals surface area contributed by atoms with Crippen LogP contribution in [0, 0.1) is 11.8 Å². The van der Waals surface area contributed by atoms with Gasteiger partial charge in [-0.3, -0.25) is 4.79 Å². The highest BCUT2D eigenvalue weighted by Crippen LogP contribution is 2.44. The first-order valence-electron chi connectivity index (χ1n) is 7.31. The molecule has 108 valence electrons. The molecule has 0 saturated heterocycles. The van der Waals surface area contributed by atoms with Gasteiger partial charge >= 0.3 is 0 Å². The molecule has 4 heteroatoms. The molecule has 0 radical (unpaired) electrons. The lowest BCUT2D eigenvalue weighted by Gasteiger charge is -2.22. The summed E-state index contributed by atoms with van der Waals surface area (Å²) < 4.78 is 10.7. The lowest BCUT2D eigenvalue weighted by molar-refractivity contribution is -0.124. The van der Waals surface area contributed by atoms with Crippen molar-refractivity contribution in [3.63, 3.8) is 0 Å². The second-order valence-corrected chi connectivity index (χ2v) is 5.79. The third-order valence-electron chi connectivity index (χ3n) is 4.51. The first-order valence-corrected chi connectivity index (χ1v) is 7.31. The number of carbonyl (C=O) groups is 1. The molecule has 1 N–H and O–H groups in total. The van der Waals surface area contributed by atoms with Crippen LogP contribution in [0.2, 0.25) is 0 Å². The number of rotatable bonds is 5. The quantitative estimate of drug-likeness (QED) is 0.897. The molecule has 1 aromatic carbocycles. The zero-order chi connectivity index (χ0) is 13.9. The number of hydrogen-bond acceptors (Lipinski definition) is 3. The van der Waals surface area contributed by atoms with Crippen molar-refractivity contribution < 1.29 is 14.3 Å². The van der Waals surface area contributed by atoms with Crippen LogP contribution < -0.4 is 14.8 Å². The maximum absolute atomic E-state index is 12.0. The molecule has 0 aliphatic heterocycles. The largest absolute Gasteiger partial charge is 0.493 e. The normalized spacial score (nSPS) is 27.4. The molecular formula is C16H21NO3. The number of para-hydroxylation sites is 2. The fourth-order valence-electron chi connectivity index (χ4n) is 3.55. The third-order valence-corrected chi connectivity index (χ3v) is 4.51. The van der Waals surface area contributed by atoms with Crippen LogP contribution in [-0.4, -0.2) is 25.7 Å². The van der Waals surface area contributed by atoms with Crippen LogP contribution in [0.25, 0.3) is 0 Å². The Bertz CT molecular complexity index is 488. The van der Waals surface area contributed by atoms with Crippen molar-refractivity contribution in [3.05, 3.63) is 24.3 Å². The number of carbonyl (C=O) groups excluding carboxylic acids is 1. The standard InChI is InChI=1S/C16H21NO3/c1-19-14-4-2-3-5-15(14)20-10-16(18)17-13-9-11-6-7-12(13)8-11/h2-5,11-13H,6-10H2,1H3,(H,17,18)/t11-,12-,13-/m1/s1. The molecule has 2 aliphatic rings. The lowest BCUT2D eigenvalue weighted by atomic mass is 9.95. The van der Waals surface area contributed by atoms with E-state index in [-0.39, 0.29) is 12.5 Å². The number of fused-ring (bicyclic) bond motifs is 2. The Morgan fingerprint density at radius 3 is 2.70 bits per heavy atom. The van der Waals surface area contributed by atoms with Crippen molar-refractivity contribution in [2.24, 2.45) is 11.8 Å². The summed E-state index contributed by atoms with van der Waals surface area (Å²) in [4.78, 5) is 12.0. The van der Waals surface area contributed by atoms with Crippen LogP contribution >= 0.6 is 0 Å². The van der Waals surface area contributed by atoms with E-state index in [1.165, 1.54) is 19.3 Å². The molecule has 3 atom stereocenters. The number of benzene rings is 1. The van der Waals surface area contributed by atoms with Crippen LogP contribution in [0.15, 0.2) is 24.3 Å². The molecule has 2 aliphatic carbocycles. The highest BCUT2D eigenvalue weighted by Gasteiger charge is 2.40. The van der Waals surface area contributed by atoms with Crippen molar-refractivity contribution >= 4 is 5.91 Å². The monoisotopic (exact) mass is 275 g/mol. The van der Waals surface area contributed by atoms with E-state index < -0.39 is 0 Å². The molecule has 0 heterocycles. The second kappa shape index (κ2) is 5.73. The summed E-state index contributed by atoms with van der Waals surface area (Å²) in [6, 6.07) is 7.74. The zero-order valence-corrected chi connectivity index (χ0v) is 11.8. The van der Waals surface area contributed by atoms with Gasteiger partial charge in [0.25, 0.3) is 5.91 Å². The Morgan fingerprint density at radius 1 is 1.25 bits per heavy atom. The van der Waals surface area contributed by atoms with Gasteiger partial charge in [-0.15, -0.1) is 0 Å². The summed E-state index contributed by atoms with van der Waals surface area (Å²) in [5, 5.41) is 3.11. The highest BCUT2D eigenvalue weighted by molar-refractivity contribution is 5.78. The van der Waals surface area contributed by atoms with Gasteiger partial charge in [-0.05, 0) is 43.2 Å². The molecule has 1 amide bonds. The molecule has 2 fully saturated rings. The molecule has 2 saturated carbocycles. The van der Waals surface area contributed by atoms with Gasteiger partial charge in [-0.1, -0.05) is 18.6 Å². The molecule has 0 aromatic heterocycles. The molecular weight excluding hydrogens is 254 g/mol. The minimum absolute atomic E-state index is 0.0338. The van der Waals surface area contributed by atoms with E-state index >= 15 is 0 Å². The number of amides is 1. The molecule has 2 bridgehead atoms. The summed E-state index contributed by atoms with van der Waals surface area (Å²) in [5.41, 5.74) is 0. The van der Waals surface area contributed by atoms with Gasteiger partial charge in [0.15, 0.2) is 18.1 Å². The molecule has 4 nitrogen and oxygen atoms in total. The Hall–Kier alpha value is -1.71. The van der Waals surface area contributed by atoms with E-state index in [2.05, 4.69) is 5.32 Å². The summed E-state index contributed by atoms with van der Waals surface area (Å²) in [7, 11) is 1.59. The second-order valence-electron chi connectivity index (χ2n) is 5.79. The van der Waals surface area contributed by atoms with Gasteiger partial charge in [-0.25, -0.2) is 0 Å². The van der Waals surface area contributed by atoms with E-state index in [1.807, 2.05) is 24.3 Å². The minimum Gasteiger partial charge on any atom is -0.493 e. The van der Waals surface area contributed by atoms with Gasteiger partial charge in [0.1, 0.15) is 0 Å². The summed E-state index contributed by atoms with van der Waals surface area (Å²) in [6.45, 7) is 0.0499. The predicted molar refractivity (Wildman–Crippen MR) is 75.9 cm³/mol. The van der Waals surface area contributed by atoms with E-state index in [4.69, 9.17) is 9.47 Å². The van der Waals surface area contributed by atoms with Crippen LogP contribution in [0.4, 0.5) is 0 Å². The summed E-state index contributed by atoms with van der Waals surface area (Å²) in [5.74, 6) is 2.75. The van der Waals surface area contributed by atoms with Gasteiger partial charge in [0.2, 0.25) is 0 Å². The predicted octanol–water partition coefficient (Wildman–Crippen LogP) is 2.38. The minimum atomic E-state index is -0.0338. The van der Waals surface area contributed by atoms with Gasteiger partial charge in [0, 0.05) is 6.04 Å². The third kappa shape index (κ3) is 2.74. The van der Waals surface area contributed by atoms with E-state index in [0.717, 1.165) is 12.3 Å². The SMILES string of the molecule is COc1ccccc1OCC(=O)N[C@@H]1C[C@@H]2CC[C@@H]1C2. The van der Waals surface area contributed by atoms with Crippen molar-refractivity contribution in [1.82, 2.24) is 5.32 Å². The Morgan fingerprint density at radius 2 is 2.05 bits per heavy atom. The molecule has 20 heavy (non-hydrogen) atoms. The zero-order valence-electron chi connectivity index (χ0n) is 11.8. The molecule has 0 unspecified atom stereocenters. The van der Waals surface area contributed by atoms with Gasteiger partial charge in [0.05, 0.1) is 7.11 Å². The fraction of sp³-hybridized carbons (Fsp3) is 0.562. The van der Waals surface area contributed by atoms with E-state index in [9.17, 15) is 4.79 Å². The first kappa shape index (κ1) is 13.3. The Kier molecular flexibility index (Phi) is 3.81. The highest BCUT2D eigenvalue weighted by atomic mass is 16.5. The average molecular weight is 275 g/mol. The molecule has 3 rings (SSSR count). The summed E-state index contributed by atoms with van der Waals surface area (Å²) >= 11 is 0. The van der Waals surface area contributed by atoms with Crippen LogP contribution in [0.3, 0.4) is 0 Å². The topological polar surface area (TPSA) is 47.6 Å². The molecule has 0 spiro atoms. The molecule has 1 aromatic rings. The van der Waals surface area contributed by atoms with E-state index in [0.29, 0.717) is 23.5 Å². The van der Waals surface area contributed by atoms with Crippen molar-refractivity contribution in [2.75, 3.05) is 13.7 Å². The lowest BCUT2D eigenvalue weighted by Crippen LogP contribution is -2.40. The Labute approximate surface area is 119 Å². The fourth-order valence-corrected chi connectivity index (χ4v) is 3.55. The van der Waals surface area contributed by atoms with Crippen LogP contribution in [-0.2, 0) is 4.79 Å². The van der Waals surface area contributed by atoms with Crippen molar-refractivity contribution in [3.8, 4) is 11.5 Å². The van der Waals surface area contributed by atoms with Crippen molar-refractivity contribution in [2.45, 2.75) is 31.7 Å². The van der Waals surface area contributed by atoms with Gasteiger partial charge in [-0.2, -0.15) is 0 Å². The van der Waals surface area contributed by atoms with E-state index in [1.54, 1.807) is 7.11 Å². The Balaban J connectivity index is 1.50.